The van der Waals surface area contributed by atoms with Crippen molar-refractivity contribution in [2.24, 2.45) is 0 Å². The lowest BCUT2D eigenvalue weighted by molar-refractivity contribution is -0.146. The largest absolute Gasteiger partial charge is 0.368 e. The molecule has 1 fully saturated rings. The van der Waals surface area contributed by atoms with Gasteiger partial charge in [-0.2, -0.15) is 0 Å². The number of nitrogens with zero attached hydrogens (tertiary/aromatic N) is 2. The summed E-state index contributed by atoms with van der Waals surface area (Å²) < 4.78 is 13.5. The van der Waals surface area contributed by atoms with Crippen LogP contribution in [0.3, 0.4) is 0 Å². The van der Waals surface area contributed by atoms with Crippen LogP contribution in [0.1, 0.15) is 5.56 Å². The molecule has 1 heterocycles. The van der Waals surface area contributed by atoms with E-state index in [9.17, 15) is 14.0 Å². The van der Waals surface area contributed by atoms with Gasteiger partial charge in [-0.15, -0.1) is 0 Å². The van der Waals surface area contributed by atoms with Crippen molar-refractivity contribution < 1.29 is 14.0 Å². The van der Waals surface area contributed by atoms with Gasteiger partial charge in [-0.25, -0.2) is 4.39 Å². The molecule has 2 aromatic rings. The highest BCUT2D eigenvalue weighted by molar-refractivity contribution is 6.35. The minimum atomic E-state index is -0.630. The van der Waals surface area contributed by atoms with Gasteiger partial charge in [-0.05, 0) is 30.2 Å². The van der Waals surface area contributed by atoms with Gasteiger partial charge in [0.25, 0.3) is 0 Å². The fraction of sp³-hybridized carbons (Fsp3) is 0.300. The Bertz CT molecular complexity index is 759. The molecule has 1 aliphatic heterocycles. The fourth-order valence-corrected chi connectivity index (χ4v) is 3.04. The quantitative estimate of drug-likeness (QED) is 0.852. The van der Waals surface area contributed by atoms with E-state index in [2.05, 4.69) is 10.2 Å². The van der Waals surface area contributed by atoms with Gasteiger partial charge in [0.2, 0.25) is 0 Å². The Kier molecular flexibility index (Phi) is 5.84. The number of amides is 2. The first-order valence-electron chi connectivity index (χ1n) is 8.75. The first-order valence-corrected chi connectivity index (χ1v) is 8.75. The van der Waals surface area contributed by atoms with Gasteiger partial charge in [0.15, 0.2) is 0 Å². The number of rotatable bonds is 4. The molecule has 0 unspecified atom stereocenters. The Hall–Kier alpha value is -2.89. The number of piperazine rings is 1. The van der Waals surface area contributed by atoms with Crippen LogP contribution in [0.5, 0.6) is 0 Å². The van der Waals surface area contributed by atoms with Crippen LogP contribution in [-0.2, 0) is 16.0 Å². The van der Waals surface area contributed by atoms with E-state index in [1.54, 1.807) is 23.1 Å². The van der Waals surface area contributed by atoms with Crippen LogP contribution in [0.2, 0.25) is 0 Å². The van der Waals surface area contributed by atoms with Crippen molar-refractivity contribution in [2.45, 2.75) is 6.42 Å². The van der Waals surface area contributed by atoms with E-state index in [0.29, 0.717) is 38.2 Å². The summed E-state index contributed by atoms with van der Waals surface area (Å²) in [6.45, 7) is 2.63. The van der Waals surface area contributed by atoms with Crippen molar-refractivity contribution in [3.8, 4) is 0 Å². The first kappa shape index (κ1) is 17.9. The summed E-state index contributed by atoms with van der Waals surface area (Å²) in [4.78, 5) is 28.1. The van der Waals surface area contributed by atoms with Crippen molar-refractivity contribution in [3.05, 3.63) is 66.0 Å². The smallest absolute Gasteiger partial charge is 0.312 e. The van der Waals surface area contributed by atoms with Crippen LogP contribution in [0.4, 0.5) is 10.1 Å². The second-order valence-electron chi connectivity index (χ2n) is 6.21. The maximum Gasteiger partial charge on any atom is 0.312 e. The third-order valence-corrected chi connectivity index (χ3v) is 4.52. The number of para-hydroxylation sites is 1. The van der Waals surface area contributed by atoms with E-state index in [-0.39, 0.29) is 12.4 Å². The number of anilines is 1. The molecule has 0 aliphatic carbocycles. The van der Waals surface area contributed by atoms with Gasteiger partial charge in [0, 0.05) is 38.4 Å². The summed E-state index contributed by atoms with van der Waals surface area (Å²) in [7, 11) is 0. The number of halogens is 1. The zero-order chi connectivity index (χ0) is 18.4. The molecule has 2 aromatic carbocycles. The van der Waals surface area contributed by atoms with E-state index in [1.807, 2.05) is 30.3 Å². The zero-order valence-electron chi connectivity index (χ0n) is 14.5. The number of hydrogen-bond donors (Lipinski definition) is 1. The Morgan fingerprint density at radius 1 is 0.923 bits per heavy atom. The topological polar surface area (TPSA) is 52.7 Å². The molecule has 0 saturated carbocycles. The molecule has 0 spiro atoms. The minimum absolute atomic E-state index is 0.232. The summed E-state index contributed by atoms with van der Waals surface area (Å²) in [5, 5.41) is 2.59. The molecule has 0 radical (unpaired) electrons. The molecule has 26 heavy (non-hydrogen) atoms. The van der Waals surface area contributed by atoms with Crippen LogP contribution < -0.4 is 10.2 Å². The molecule has 1 saturated heterocycles. The number of carbonyl (C=O) groups excluding carboxylic acids is 2. The molecule has 136 valence electrons. The zero-order valence-corrected chi connectivity index (χ0v) is 14.5. The predicted octanol–water partition coefficient (Wildman–Crippen LogP) is 1.83. The monoisotopic (exact) mass is 355 g/mol. The normalized spacial score (nSPS) is 14.2. The summed E-state index contributed by atoms with van der Waals surface area (Å²) in [6, 6.07) is 16.4. The Morgan fingerprint density at radius 2 is 1.58 bits per heavy atom. The molecule has 5 nitrogen and oxygen atoms in total. The number of hydrogen-bond acceptors (Lipinski definition) is 3. The van der Waals surface area contributed by atoms with Crippen LogP contribution >= 0.6 is 0 Å². The Labute approximate surface area is 152 Å². The molecule has 0 aromatic heterocycles. The lowest BCUT2D eigenvalue weighted by atomic mass is 10.1. The highest BCUT2D eigenvalue weighted by Gasteiger charge is 2.25. The van der Waals surface area contributed by atoms with Gasteiger partial charge >= 0.3 is 11.8 Å². The molecular formula is C20H22FN3O2. The molecule has 6 heteroatoms. The van der Waals surface area contributed by atoms with Crippen LogP contribution in [0.25, 0.3) is 0 Å². The van der Waals surface area contributed by atoms with Crippen molar-refractivity contribution in [3.63, 3.8) is 0 Å². The average molecular weight is 355 g/mol. The summed E-state index contributed by atoms with van der Waals surface area (Å²) in [6.07, 6.45) is 0.355. The lowest BCUT2D eigenvalue weighted by Gasteiger charge is -2.35. The Morgan fingerprint density at radius 3 is 2.27 bits per heavy atom. The van der Waals surface area contributed by atoms with E-state index >= 15 is 0 Å². The fourth-order valence-electron chi connectivity index (χ4n) is 3.04. The maximum atomic E-state index is 13.5. The molecule has 3 rings (SSSR count). The molecule has 1 aliphatic rings. The molecule has 1 N–H and O–H groups in total. The van der Waals surface area contributed by atoms with Gasteiger partial charge in [-0.3, -0.25) is 9.59 Å². The second-order valence-corrected chi connectivity index (χ2v) is 6.21. The van der Waals surface area contributed by atoms with Crippen molar-refractivity contribution in [2.75, 3.05) is 37.6 Å². The predicted molar refractivity (Wildman–Crippen MR) is 98.3 cm³/mol. The second kappa shape index (κ2) is 8.47. The third-order valence-electron chi connectivity index (χ3n) is 4.52. The van der Waals surface area contributed by atoms with E-state index in [0.717, 1.165) is 5.69 Å². The Balaban J connectivity index is 1.44. The SMILES string of the molecule is O=C(NCCc1ccccc1F)C(=O)N1CCN(c2ccccc2)CC1. The van der Waals surface area contributed by atoms with E-state index in [4.69, 9.17) is 0 Å². The molecule has 2 amide bonds. The van der Waals surface area contributed by atoms with E-state index in [1.165, 1.54) is 6.07 Å². The van der Waals surface area contributed by atoms with Gasteiger partial charge < -0.3 is 15.1 Å². The average Bonchev–Trinajstić information content (AvgIpc) is 2.69. The lowest BCUT2D eigenvalue weighted by Crippen LogP contribution is -2.52. The number of benzene rings is 2. The highest BCUT2D eigenvalue weighted by Crippen LogP contribution is 2.15. The number of nitrogens with one attached hydrogen (secondary N) is 1. The van der Waals surface area contributed by atoms with Crippen molar-refractivity contribution >= 4 is 17.5 Å². The summed E-state index contributed by atoms with van der Waals surface area (Å²) in [5.41, 5.74) is 1.64. The molecule has 0 atom stereocenters. The van der Waals surface area contributed by atoms with Crippen LogP contribution in [0.15, 0.2) is 54.6 Å². The summed E-state index contributed by atoms with van der Waals surface area (Å²) >= 11 is 0. The molecule has 0 bridgehead atoms. The van der Waals surface area contributed by atoms with Gasteiger partial charge in [-0.1, -0.05) is 36.4 Å². The van der Waals surface area contributed by atoms with Gasteiger partial charge in [0.05, 0.1) is 0 Å². The minimum Gasteiger partial charge on any atom is -0.368 e. The van der Waals surface area contributed by atoms with E-state index < -0.39 is 11.8 Å². The van der Waals surface area contributed by atoms with Crippen LogP contribution in [0, 0.1) is 5.82 Å². The highest BCUT2D eigenvalue weighted by atomic mass is 19.1. The number of carbonyl (C=O) groups is 2. The van der Waals surface area contributed by atoms with Crippen LogP contribution in [-0.4, -0.2) is 49.4 Å². The van der Waals surface area contributed by atoms with Gasteiger partial charge in [0.1, 0.15) is 5.82 Å². The van der Waals surface area contributed by atoms with Crippen molar-refractivity contribution in [1.29, 1.82) is 0 Å². The van der Waals surface area contributed by atoms with Crippen molar-refractivity contribution in [1.82, 2.24) is 10.2 Å². The maximum absolute atomic E-state index is 13.5. The summed E-state index contributed by atoms with van der Waals surface area (Å²) in [5.74, 6) is -1.45. The molecular weight excluding hydrogens is 333 g/mol. The third kappa shape index (κ3) is 4.39. The standard InChI is InChI=1S/C20H22FN3O2/c21-18-9-5-4-6-16(18)10-11-22-19(25)20(26)24-14-12-23(13-15-24)17-7-2-1-3-8-17/h1-9H,10-15H2,(H,22,25). The first-order chi connectivity index (χ1) is 12.6.